The number of hydrogen-bond acceptors (Lipinski definition) is 3. The van der Waals surface area contributed by atoms with E-state index in [4.69, 9.17) is 0 Å². The Bertz CT molecular complexity index is 4450. The summed E-state index contributed by atoms with van der Waals surface area (Å²) in [6, 6.07) is 95.1. The largest absolute Gasteiger partial charge is 0.334 e. The molecule has 0 amide bonds. The van der Waals surface area contributed by atoms with E-state index in [1.165, 1.54) is 157 Å². The predicted molar refractivity (Wildman–Crippen MR) is 361 cm³/mol. The minimum atomic E-state index is -3.08. The van der Waals surface area contributed by atoms with Crippen molar-refractivity contribution in [2.75, 3.05) is 14.7 Å². The van der Waals surface area contributed by atoms with Crippen molar-refractivity contribution in [3.8, 4) is 33.4 Å². The summed E-state index contributed by atoms with van der Waals surface area (Å²) in [6.45, 7) is 14.9. The van der Waals surface area contributed by atoms with E-state index >= 15 is 0 Å². The number of fused-ring (bicyclic) bond motifs is 9. The highest BCUT2D eigenvalue weighted by Crippen LogP contribution is 2.63. The maximum absolute atomic E-state index is 3.08. The number of hydrogen-bond donors (Lipinski definition) is 0. The van der Waals surface area contributed by atoms with Gasteiger partial charge in [-0.1, -0.05) is 229 Å². The molecule has 408 valence electrons. The molecule has 0 bridgehead atoms. The lowest BCUT2D eigenvalue weighted by molar-refractivity contribution is 0.195. The van der Waals surface area contributed by atoms with E-state index in [0.29, 0.717) is 0 Å². The van der Waals surface area contributed by atoms with Crippen LogP contribution in [-0.4, -0.2) is 20.3 Å². The minimum absolute atomic E-state index is 0.0305. The molecule has 7 aliphatic rings. The molecule has 3 nitrogen and oxygen atoms in total. The standard InChI is InChI=1S/C80H66BN3Si/c1-77(2)62-32-18-16-30-58(62)60-41-39-53(47-64(60)77)82-68-34-22-36-72-75(68)81-74-70(82)49-55(84-67-43-38-52(51-24-10-7-11-25-51)46-66(67)79(5)44-20-21-45-80(79,84)6)50-71(74)83(54-40-42-61-59-31-17-19-33-63(59)78(3,4)65(61)48-54)69-35-23-37-73(76(69)81)85(72,56-26-12-8-13-27-56)57-28-14-9-15-29-57/h7-19,22-43,46-50H,20-21,44-45H2,1-6H3. The topological polar surface area (TPSA) is 9.72 Å². The Morgan fingerprint density at radius 2 is 0.824 bits per heavy atom. The molecule has 0 spiro atoms. The minimum Gasteiger partial charge on any atom is -0.334 e. The van der Waals surface area contributed by atoms with Gasteiger partial charge in [0, 0.05) is 61.7 Å². The summed E-state index contributed by atoms with van der Waals surface area (Å²) in [7, 11) is -3.08. The highest BCUT2D eigenvalue weighted by Gasteiger charge is 2.60. The molecule has 1 saturated carbocycles. The molecule has 3 aliphatic carbocycles. The van der Waals surface area contributed by atoms with Gasteiger partial charge < -0.3 is 14.7 Å². The van der Waals surface area contributed by atoms with Crippen molar-refractivity contribution in [2.45, 2.75) is 89.0 Å². The summed E-state index contributed by atoms with van der Waals surface area (Å²) in [5, 5.41) is 5.78. The average molecular weight is 1110 g/mol. The highest BCUT2D eigenvalue weighted by molar-refractivity contribution is 7.27. The molecule has 0 radical (unpaired) electrons. The Balaban J connectivity index is 0.978. The third-order valence-corrected chi connectivity index (χ3v) is 27.3. The van der Waals surface area contributed by atoms with Crippen molar-refractivity contribution in [1.29, 1.82) is 0 Å². The molecule has 0 saturated heterocycles. The molecule has 85 heavy (non-hydrogen) atoms. The van der Waals surface area contributed by atoms with Crippen molar-refractivity contribution < 1.29 is 0 Å². The first-order chi connectivity index (χ1) is 41.4. The van der Waals surface area contributed by atoms with Crippen LogP contribution in [0.5, 0.6) is 0 Å². The van der Waals surface area contributed by atoms with Gasteiger partial charge in [0.25, 0.3) is 6.71 Å². The SMILES string of the molecule is CC1(C)c2ccccc2-c2ccc(N3c4cc(N5c6ccc(-c7ccccc7)cc6C6(C)CCCCC56C)cc5c4B4c6c3cccc6[Si](c3ccccc3)(c3ccccc3)c3cccc(c34)N5c3ccc4c(c3)C(C)(C)c3ccccc3-4)cc21. The molecule has 0 aromatic heterocycles. The zero-order valence-corrected chi connectivity index (χ0v) is 50.3. The second-order valence-electron chi connectivity index (χ2n) is 27.0. The van der Waals surface area contributed by atoms with Crippen LogP contribution in [0.1, 0.15) is 95.0 Å². The van der Waals surface area contributed by atoms with Crippen molar-refractivity contribution in [3.05, 3.63) is 270 Å². The molecule has 4 heterocycles. The predicted octanol–water partition coefficient (Wildman–Crippen LogP) is 15.5. The molecular formula is C80H66BN3Si. The molecular weight excluding hydrogens is 1040 g/mol. The number of benzene rings is 11. The van der Waals surface area contributed by atoms with Crippen LogP contribution in [0.4, 0.5) is 45.5 Å². The van der Waals surface area contributed by atoms with Gasteiger partial charge in [-0.05, 0) is 179 Å². The van der Waals surface area contributed by atoms with Gasteiger partial charge in [0.15, 0.2) is 8.07 Å². The fourth-order valence-corrected chi connectivity index (χ4v) is 23.6. The Hall–Kier alpha value is -8.90. The molecule has 2 atom stereocenters. The van der Waals surface area contributed by atoms with Gasteiger partial charge in [-0.15, -0.1) is 0 Å². The van der Waals surface area contributed by atoms with Crippen LogP contribution < -0.4 is 51.8 Å². The molecule has 2 unspecified atom stereocenters. The number of anilines is 8. The Labute approximate surface area is 502 Å². The molecule has 5 heteroatoms. The summed E-state index contributed by atoms with van der Waals surface area (Å²) < 4.78 is 0. The van der Waals surface area contributed by atoms with E-state index in [-0.39, 0.29) is 28.5 Å². The number of rotatable bonds is 6. The quantitative estimate of drug-likeness (QED) is 0.154. The fourth-order valence-electron chi connectivity index (χ4n) is 18.3. The van der Waals surface area contributed by atoms with Gasteiger partial charge in [0.1, 0.15) is 0 Å². The zero-order chi connectivity index (χ0) is 56.9. The van der Waals surface area contributed by atoms with Gasteiger partial charge in [-0.3, -0.25) is 0 Å². The molecule has 18 rings (SSSR count). The second-order valence-corrected chi connectivity index (χ2v) is 30.7. The van der Waals surface area contributed by atoms with Crippen LogP contribution in [0.3, 0.4) is 0 Å². The lowest BCUT2D eigenvalue weighted by Gasteiger charge is -2.53. The van der Waals surface area contributed by atoms with Gasteiger partial charge in [-0.2, -0.15) is 0 Å². The maximum Gasteiger partial charge on any atom is 0.251 e. The van der Waals surface area contributed by atoms with Gasteiger partial charge in [0.2, 0.25) is 0 Å². The van der Waals surface area contributed by atoms with Crippen molar-refractivity contribution in [2.24, 2.45) is 0 Å². The third kappa shape index (κ3) is 6.22. The van der Waals surface area contributed by atoms with Crippen molar-refractivity contribution in [3.63, 3.8) is 0 Å². The van der Waals surface area contributed by atoms with Gasteiger partial charge >= 0.3 is 0 Å². The van der Waals surface area contributed by atoms with E-state index in [1.807, 2.05) is 0 Å². The number of nitrogens with zero attached hydrogens (tertiary/aromatic N) is 3. The first-order valence-electron chi connectivity index (χ1n) is 31.1. The second kappa shape index (κ2) is 17.1. The average Bonchev–Trinajstić information content (AvgIpc) is 1.27. The summed E-state index contributed by atoms with van der Waals surface area (Å²) in [5.41, 5.74) is 28.6. The fraction of sp³-hybridized carbons (Fsp3) is 0.175. The lowest BCUT2D eigenvalue weighted by Crippen LogP contribution is -2.88. The van der Waals surface area contributed by atoms with Crippen molar-refractivity contribution >= 4 is 97.4 Å². The van der Waals surface area contributed by atoms with Crippen LogP contribution in [0.25, 0.3) is 33.4 Å². The summed E-state index contributed by atoms with van der Waals surface area (Å²) in [5.74, 6) is 0. The van der Waals surface area contributed by atoms with E-state index in [2.05, 4.69) is 299 Å². The van der Waals surface area contributed by atoms with E-state index in [1.54, 1.807) is 0 Å². The third-order valence-electron chi connectivity index (χ3n) is 22.5. The molecule has 0 N–H and O–H groups in total. The highest BCUT2D eigenvalue weighted by atomic mass is 28.3. The normalized spacial score (nSPS) is 20.2. The van der Waals surface area contributed by atoms with E-state index in [9.17, 15) is 0 Å². The van der Waals surface area contributed by atoms with Gasteiger partial charge in [-0.25, -0.2) is 0 Å². The molecule has 4 aliphatic heterocycles. The summed E-state index contributed by atoms with van der Waals surface area (Å²) >= 11 is 0. The summed E-state index contributed by atoms with van der Waals surface area (Å²) in [4.78, 5) is 8.32. The van der Waals surface area contributed by atoms with Crippen LogP contribution in [0.15, 0.2) is 243 Å². The molecule has 11 aromatic carbocycles. The van der Waals surface area contributed by atoms with Crippen LogP contribution in [0, 0.1) is 0 Å². The lowest BCUT2D eigenvalue weighted by atomic mass is 9.33. The van der Waals surface area contributed by atoms with Gasteiger partial charge in [0.05, 0.1) is 5.54 Å². The maximum atomic E-state index is 2.84. The van der Waals surface area contributed by atoms with Crippen LogP contribution in [-0.2, 0) is 16.2 Å². The first kappa shape index (κ1) is 49.5. The van der Waals surface area contributed by atoms with E-state index in [0.717, 1.165) is 12.8 Å². The Morgan fingerprint density at radius 3 is 1.36 bits per heavy atom. The Morgan fingerprint density at radius 1 is 0.341 bits per heavy atom. The monoisotopic (exact) mass is 1110 g/mol. The van der Waals surface area contributed by atoms with Crippen molar-refractivity contribution in [1.82, 2.24) is 0 Å². The van der Waals surface area contributed by atoms with Crippen LogP contribution >= 0.6 is 0 Å². The van der Waals surface area contributed by atoms with E-state index < -0.39 is 8.07 Å². The smallest absolute Gasteiger partial charge is 0.251 e. The summed E-state index contributed by atoms with van der Waals surface area (Å²) in [6.07, 6.45) is 4.67. The molecule has 1 fully saturated rings. The zero-order valence-electron chi connectivity index (χ0n) is 49.3. The Kier molecular flexibility index (Phi) is 9.99. The van der Waals surface area contributed by atoms with Crippen LogP contribution in [0.2, 0.25) is 0 Å². The first-order valence-corrected chi connectivity index (χ1v) is 33.1. The molecule has 11 aromatic rings.